The number of hydrogen-bond acceptors (Lipinski definition) is 2. The van der Waals surface area contributed by atoms with E-state index in [1.165, 1.54) is 18.2 Å². The average Bonchev–Trinajstić information content (AvgIpc) is 2.19. The lowest BCUT2D eigenvalue weighted by Crippen LogP contribution is -2.05. The van der Waals surface area contributed by atoms with Crippen LogP contribution in [0.4, 0.5) is 13.2 Å². The van der Waals surface area contributed by atoms with E-state index in [0.717, 1.165) is 0 Å². The molecule has 0 bridgehead atoms. The molecule has 84 valence electrons. The fourth-order valence-electron chi connectivity index (χ4n) is 1.14. The zero-order chi connectivity index (χ0) is 11.4. The summed E-state index contributed by atoms with van der Waals surface area (Å²) in [6, 6.07) is 4.18. The largest absolute Gasteiger partial charge is 0.435 e. The molecule has 0 amide bonds. The summed E-state index contributed by atoms with van der Waals surface area (Å²) in [7, 11) is 0. The highest BCUT2D eigenvalue weighted by Crippen LogP contribution is 2.25. The second-order valence-electron chi connectivity index (χ2n) is 3.07. The van der Waals surface area contributed by atoms with Crippen LogP contribution in [0, 0.1) is 6.92 Å². The minimum Gasteiger partial charge on any atom is -0.435 e. The van der Waals surface area contributed by atoms with Crippen LogP contribution in [-0.2, 0) is 0 Å². The van der Waals surface area contributed by atoms with Crippen LogP contribution in [0.1, 0.15) is 17.2 Å². The fraction of sp³-hybridized carbons (Fsp3) is 0.400. The lowest BCUT2D eigenvalue weighted by molar-refractivity contribution is -0.0504. The molecule has 0 radical (unpaired) electrons. The van der Waals surface area contributed by atoms with Crippen LogP contribution < -0.4 is 4.74 Å². The highest BCUT2D eigenvalue weighted by Gasteiger charge is 2.12. The van der Waals surface area contributed by atoms with Crippen molar-refractivity contribution in [2.45, 2.75) is 19.6 Å². The van der Waals surface area contributed by atoms with Gasteiger partial charge in [-0.1, -0.05) is 12.1 Å². The van der Waals surface area contributed by atoms with Crippen LogP contribution in [0.25, 0.3) is 0 Å². The lowest BCUT2D eigenvalue weighted by atomic mass is 10.1. The van der Waals surface area contributed by atoms with Gasteiger partial charge in [-0.25, -0.2) is 4.39 Å². The molecule has 0 aromatic heterocycles. The second kappa shape index (κ2) is 5.02. The molecule has 0 saturated heterocycles. The number of benzene rings is 1. The maximum absolute atomic E-state index is 12.1. The highest BCUT2D eigenvalue weighted by molar-refractivity contribution is 5.37. The Morgan fingerprint density at radius 2 is 2.07 bits per heavy atom. The topological polar surface area (TPSA) is 29.5 Å². The fourth-order valence-corrected chi connectivity index (χ4v) is 1.14. The van der Waals surface area contributed by atoms with E-state index < -0.39 is 19.4 Å². The van der Waals surface area contributed by atoms with Gasteiger partial charge in [-0.2, -0.15) is 8.78 Å². The van der Waals surface area contributed by atoms with Gasteiger partial charge in [0.05, 0.1) is 0 Å². The number of aliphatic hydroxyl groups is 1. The SMILES string of the molecule is Cc1ccc(C(O)CF)cc1OC(F)F. The molecule has 1 N–H and O–H groups in total. The first-order valence-corrected chi connectivity index (χ1v) is 4.34. The van der Waals surface area contributed by atoms with Crippen LogP contribution in [0.3, 0.4) is 0 Å². The summed E-state index contributed by atoms with van der Waals surface area (Å²) in [6.45, 7) is -2.30. The number of ether oxygens (including phenoxy) is 1. The molecule has 1 aromatic carbocycles. The Kier molecular flexibility index (Phi) is 3.96. The summed E-state index contributed by atoms with van der Waals surface area (Å²) in [6.07, 6.45) is -1.30. The van der Waals surface area contributed by atoms with Crippen molar-refractivity contribution in [3.63, 3.8) is 0 Å². The normalized spacial score (nSPS) is 12.9. The third-order valence-electron chi connectivity index (χ3n) is 1.96. The molecule has 0 fully saturated rings. The predicted octanol–water partition coefficient (Wildman–Crippen LogP) is 2.60. The van der Waals surface area contributed by atoms with Gasteiger partial charge in [0.1, 0.15) is 18.5 Å². The van der Waals surface area contributed by atoms with E-state index in [2.05, 4.69) is 4.74 Å². The van der Waals surface area contributed by atoms with Crippen molar-refractivity contribution in [1.29, 1.82) is 0 Å². The van der Waals surface area contributed by atoms with E-state index in [0.29, 0.717) is 5.56 Å². The molecular weight excluding hydrogens is 209 g/mol. The first-order chi connectivity index (χ1) is 7.04. The first-order valence-electron chi connectivity index (χ1n) is 4.34. The smallest absolute Gasteiger partial charge is 0.387 e. The minimum atomic E-state index is -2.93. The Morgan fingerprint density at radius 3 is 2.60 bits per heavy atom. The van der Waals surface area contributed by atoms with Gasteiger partial charge in [0.15, 0.2) is 0 Å². The van der Waals surface area contributed by atoms with Crippen molar-refractivity contribution in [3.05, 3.63) is 29.3 Å². The number of rotatable bonds is 4. The van der Waals surface area contributed by atoms with E-state index in [1.807, 2.05) is 0 Å². The van der Waals surface area contributed by atoms with Crippen LogP contribution in [0.2, 0.25) is 0 Å². The molecular formula is C10H11F3O2. The van der Waals surface area contributed by atoms with Gasteiger partial charge in [-0.15, -0.1) is 0 Å². The van der Waals surface area contributed by atoms with E-state index in [9.17, 15) is 13.2 Å². The molecule has 0 saturated carbocycles. The van der Waals surface area contributed by atoms with Gasteiger partial charge in [-0.05, 0) is 24.1 Å². The molecule has 1 atom stereocenters. The standard InChI is InChI=1S/C10H11F3O2/c1-6-2-3-7(8(14)5-11)4-9(6)15-10(12)13/h2-4,8,10,14H,5H2,1H3. The molecule has 0 aliphatic heterocycles. The molecule has 15 heavy (non-hydrogen) atoms. The minimum absolute atomic E-state index is 0.0463. The summed E-state index contributed by atoms with van der Waals surface area (Å²) >= 11 is 0. The van der Waals surface area contributed by atoms with Crippen molar-refractivity contribution in [2.24, 2.45) is 0 Å². The summed E-state index contributed by atoms with van der Waals surface area (Å²) < 4.78 is 40.3. The average molecular weight is 220 g/mol. The molecule has 0 heterocycles. The van der Waals surface area contributed by atoms with Crippen molar-refractivity contribution in [1.82, 2.24) is 0 Å². The van der Waals surface area contributed by atoms with E-state index in [4.69, 9.17) is 5.11 Å². The van der Waals surface area contributed by atoms with Crippen LogP contribution >= 0.6 is 0 Å². The van der Waals surface area contributed by atoms with Gasteiger partial charge in [0.2, 0.25) is 0 Å². The number of halogens is 3. The summed E-state index contributed by atoms with van der Waals surface area (Å²) in [5.74, 6) is -0.0463. The number of aliphatic hydroxyl groups excluding tert-OH is 1. The molecule has 1 unspecified atom stereocenters. The van der Waals surface area contributed by atoms with Crippen LogP contribution in [0.5, 0.6) is 5.75 Å². The molecule has 5 heteroatoms. The van der Waals surface area contributed by atoms with E-state index in [-0.39, 0.29) is 11.3 Å². The first kappa shape index (κ1) is 11.8. The monoisotopic (exact) mass is 220 g/mol. The lowest BCUT2D eigenvalue weighted by Gasteiger charge is -2.11. The van der Waals surface area contributed by atoms with Crippen LogP contribution in [0.15, 0.2) is 18.2 Å². The van der Waals surface area contributed by atoms with Crippen molar-refractivity contribution < 1.29 is 23.0 Å². The van der Waals surface area contributed by atoms with E-state index in [1.54, 1.807) is 6.92 Å². The van der Waals surface area contributed by atoms with Gasteiger partial charge in [-0.3, -0.25) is 0 Å². The molecule has 0 aliphatic carbocycles. The number of aryl methyl sites for hydroxylation is 1. The summed E-state index contributed by atoms with van der Waals surface area (Å²) in [5, 5.41) is 9.16. The molecule has 1 rings (SSSR count). The Labute approximate surface area is 85.3 Å². The number of alkyl halides is 3. The highest BCUT2D eigenvalue weighted by atomic mass is 19.3. The number of hydrogen-bond donors (Lipinski definition) is 1. The summed E-state index contributed by atoms with van der Waals surface area (Å²) in [4.78, 5) is 0. The van der Waals surface area contributed by atoms with Crippen molar-refractivity contribution >= 4 is 0 Å². The van der Waals surface area contributed by atoms with Gasteiger partial charge in [0.25, 0.3) is 0 Å². The zero-order valence-corrected chi connectivity index (χ0v) is 8.08. The van der Waals surface area contributed by atoms with Crippen LogP contribution in [-0.4, -0.2) is 18.4 Å². The molecule has 1 aromatic rings. The maximum Gasteiger partial charge on any atom is 0.387 e. The Bertz CT molecular complexity index is 328. The van der Waals surface area contributed by atoms with Gasteiger partial charge in [0, 0.05) is 0 Å². The van der Waals surface area contributed by atoms with Crippen molar-refractivity contribution in [3.8, 4) is 5.75 Å². The maximum atomic E-state index is 12.1. The molecule has 0 aliphatic rings. The molecule has 2 nitrogen and oxygen atoms in total. The second-order valence-corrected chi connectivity index (χ2v) is 3.07. The quantitative estimate of drug-likeness (QED) is 0.845. The van der Waals surface area contributed by atoms with E-state index >= 15 is 0 Å². The van der Waals surface area contributed by atoms with Gasteiger partial charge >= 0.3 is 6.61 Å². The molecule has 0 spiro atoms. The third kappa shape index (κ3) is 3.13. The van der Waals surface area contributed by atoms with Crippen molar-refractivity contribution in [2.75, 3.05) is 6.67 Å². The predicted molar refractivity (Wildman–Crippen MR) is 48.7 cm³/mol. The Hall–Kier alpha value is -1.23. The Balaban J connectivity index is 2.94. The zero-order valence-electron chi connectivity index (χ0n) is 8.08. The summed E-state index contributed by atoms with van der Waals surface area (Å²) in [5.41, 5.74) is 0.726. The Morgan fingerprint density at radius 1 is 1.40 bits per heavy atom. The third-order valence-corrected chi connectivity index (χ3v) is 1.96. The van der Waals surface area contributed by atoms with Gasteiger partial charge < -0.3 is 9.84 Å².